The molecule has 1 fully saturated rings. The van der Waals surface area contributed by atoms with Crippen LogP contribution in [0.1, 0.15) is 60.5 Å². The van der Waals surface area contributed by atoms with Gasteiger partial charge in [0.05, 0.1) is 17.6 Å². The average Bonchev–Trinajstić information content (AvgIpc) is 3.43. The van der Waals surface area contributed by atoms with Crippen LogP contribution in [-0.2, 0) is 19.6 Å². The molecule has 1 saturated heterocycles. The van der Waals surface area contributed by atoms with Crippen LogP contribution in [0.3, 0.4) is 0 Å². The van der Waals surface area contributed by atoms with Crippen LogP contribution in [0.4, 0.5) is 0 Å². The molecule has 3 heterocycles. The number of imidazole rings is 1. The van der Waals surface area contributed by atoms with E-state index in [-0.39, 0.29) is 22.5 Å². The standard InChI is InChI=1S/C29H33Cl2N5OS/c1-20(2)16-35(29(37)27-26(30)28(31)38-33-27)19-25-32-23-12-6-7-13-24(23)36(25)18-22-11-5-4-10-21(22)17-34-14-8-3-9-15-34/h4-7,10-13,20H,3,8-9,14-19H2,1-2H3. The van der Waals surface area contributed by atoms with E-state index in [9.17, 15) is 4.79 Å². The minimum atomic E-state index is -0.226. The lowest BCUT2D eigenvalue weighted by Gasteiger charge is -2.27. The number of benzene rings is 2. The van der Waals surface area contributed by atoms with Gasteiger partial charge in [-0.3, -0.25) is 9.69 Å². The third kappa shape index (κ3) is 6.07. The smallest absolute Gasteiger partial charge is 0.275 e. The molecule has 9 heteroatoms. The van der Waals surface area contributed by atoms with Crippen molar-refractivity contribution in [3.8, 4) is 0 Å². The van der Waals surface area contributed by atoms with Gasteiger partial charge in [-0.1, -0.05) is 79.9 Å². The SMILES string of the molecule is CC(C)CN(Cc1nc2ccccc2n1Cc1ccccc1CN1CCCCC1)C(=O)c1nsc(Cl)c1Cl. The van der Waals surface area contributed by atoms with E-state index in [1.807, 2.05) is 18.2 Å². The molecule has 0 saturated carbocycles. The fourth-order valence-electron chi connectivity index (χ4n) is 5.19. The number of para-hydroxylation sites is 2. The number of likely N-dealkylation sites (tertiary alicyclic amines) is 1. The van der Waals surface area contributed by atoms with E-state index in [0.29, 0.717) is 24.0 Å². The van der Waals surface area contributed by atoms with Crippen LogP contribution >= 0.6 is 34.7 Å². The van der Waals surface area contributed by atoms with E-state index in [0.717, 1.165) is 48.0 Å². The number of hydrogen-bond acceptors (Lipinski definition) is 5. The summed E-state index contributed by atoms with van der Waals surface area (Å²) >= 11 is 13.5. The summed E-state index contributed by atoms with van der Waals surface area (Å²) in [6.07, 6.45) is 3.87. The van der Waals surface area contributed by atoms with Crippen LogP contribution in [-0.4, -0.2) is 49.3 Å². The summed E-state index contributed by atoms with van der Waals surface area (Å²) in [7, 11) is 0. The lowest BCUT2D eigenvalue weighted by atomic mass is 10.0. The predicted molar refractivity (Wildman–Crippen MR) is 156 cm³/mol. The molecular weight excluding hydrogens is 537 g/mol. The molecule has 0 unspecified atom stereocenters. The molecule has 1 amide bonds. The van der Waals surface area contributed by atoms with Crippen LogP contribution in [0, 0.1) is 5.92 Å². The van der Waals surface area contributed by atoms with Crippen molar-refractivity contribution in [2.24, 2.45) is 5.92 Å². The predicted octanol–water partition coefficient (Wildman–Crippen LogP) is 7.13. The van der Waals surface area contributed by atoms with Gasteiger partial charge in [0.15, 0.2) is 5.69 Å². The first-order valence-electron chi connectivity index (χ1n) is 13.2. The van der Waals surface area contributed by atoms with Crippen molar-refractivity contribution in [2.75, 3.05) is 19.6 Å². The van der Waals surface area contributed by atoms with Gasteiger partial charge in [0.2, 0.25) is 0 Å². The quantitative estimate of drug-likeness (QED) is 0.215. The molecule has 2 aromatic heterocycles. The fraction of sp³-hybridized carbons (Fsp3) is 0.414. The van der Waals surface area contributed by atoms with Crippen molar-refractivity contribution >= 4 is 51.7 Å². The van der Waals surface area contributed by atoms with Gasteiger partial charge in [0, 0.05) is 19.6 Å². The Bertz CT molecular complexity index is 1410. The minimum Gasteiger partial charge on any atom is -0.329 e. The Morgan fingerprint density at radius 3 is 2.37 bits per heavy atom. The van der Waals surface area contributed by atoms with Crippen molar-refractivity contribution in [1.29, 1.82) is 0 Å². The number of halogens is 2. The Hall–Kier alpha value is -2.45. The van der Waals surface area contributed by atoms with Gasteiger partial charge in [-0.25, -0.2) is 4.98 Å². The molecule has 0 bridgehead atoms. The maximum Gasteiger partial charge on any atom is 0.275 e. The largest absolute Gasteiger partial charge is 0.329 e. The number of piperidine rings is 1. The Morgan fingerprint density at radius 1 is 1.00 bits per heavy atom. The third-order valence-corrected chi connectivity index (χ3v) is 8.64. The summed E-state index contributed by atoms with van der Waals surface area (Å²) in [5, 5.41) is 0.218. The van der Waals surface area contributed by atoms with Crippen molar-refractivity contribution in [3.63, 3.8) is 0 Å². The highest BCUT2D eigenvalue weighted by Gasteiger charge is 2.26. The van der Waals surface area contributed by atoms with E-state index in [2.05, 4.69) is 58.0 Å². The highest BCUT2D eigenvalue weighted by molar-refractivity contribution is 7.11. The number of aromatic nitrogens is 3. The van der Waals surface area contributed by atoms with Crippen LogP contribution in [0.2, 0.25) is 9.36 Å². The zero-order valence-corrected chi connectivity index (χ0v) is 24.2. The van der Waals surface area contributed by atoms with E-state index < -0.39 is 0 Å². The topological polar surface area (TPSA) is 54.3 Å². The monoisotopic (exact) mass is 569 g/mol. The number of carbonyl (C=O) groups excluding carboxylic acids is 1. The second kappa shape index (κ2) is 12.2. The molecule has 0 aliphatic carbocycles. The fourth-order valence-corrected chi connectivity index (χ4v) is 6.18. The summed E-state index contributed by atoms with van der Waals surface area (Å²) in [5.41, 5.74) is 4.80. The lowest BCUT2D eigenvalue weighted by Crippen LogP contribution is -2.35. The van der Waals surface area contributed by atoms with E-state index in [1.165, 1.54) is 30.4 Å². The maximum atomic E-state index is 13.6. The number of nitrogens with zero attached hydrogens (tertiary/aromatic N) is 5. The number of fused-ring (bicyclic) bond motifs is 1. The highest BCUT2D eigenvalue weighted by atomic mass is 35.5. The summed E-state index contributed by atoms with van der Waals surface area (Å²) in [4.78, 5) is 22.9. The molecule has 6 nitrogen and oxygen atoms in total. The number of carbonyl (C=O) groups is 1. The van der Waals surface area contributed by atoms with Gasteiger partial charge in [-0.05, 0) is 66.6 Å². The molecule has 0 N–H and O–H groups in total. The molecule has 4 aromatic rings. The van der Waals surface area contributed by atoms with Crippen LogP contribution < -0.4 is 0 Å². The summed E-state index contributed by atoms with van der Waals surface area (Å²) in [5.74, 6) is 0.872. The molecule has 200 valence electrons. The van der Waals surface area contributed by atoms with Gasteiger partial charge in [0.25, 0.3) is 5.91 Å². The zero-order valence-electron chi connectivity index (χ0n) is 21.9. The van der Waals surface area contributed by atoms with Gasteiger partial charge in [-0.2, -0.15) is 4.37 Å². The second-order valence-corrected chi connectivity index (χ2v) is 12.2. The first-order valence-corrected chi connectivity index (χ1v) is 14.8. The van der Waals surface area contributed by atoms with Gasteiger partial charge >= 0.3 is 0 Å². The Morgan fingerprint density at radius 2 is 1.68 bits per heavy atom. The number of amides is 1. The second-order valence-electron chi connectivity index (χ2n) is 10.4. The third-order valence-electron chi connectivity index (χ3n) is 7.03. The summed E-state index contributed by atoms with van der Waals surface area (Å²) in [6, 6.07) is 16.9. The van der Waals surface area contributed by atoms with Crippen LogP contribution in [0.25, 0.3) is 11.0 Å². The lowest BCUT2D eigenvalue weighted by molar-refractivity contribution is 0.0712. The first-order chi connectivity index (χ1) is 18.4. The van der Waals surface area contributed by atoms with Crippen molar-refractivity contribution in [2.45, 2.75) is 52.7 Å². The summed E-state index contributed by atoms with van der Waals surface area (Å²) < 4.78 is 6.82. The van der Waals surface area contributed by atoms with E-state index >= 15 is 0 Å². The molecule has 2 aromatic carbocycles. The van der Waals surface area contributed by atoms with Crippen molar-refractivity contribution < 1.29 is 4.79 Å². The number of hydrogen-bond donors (Lipinski definition) is 0. The van der Waals surface area contributed by atoms with Gasteiger partial charge in [-0.15, -0.1) is 0 Å². The highest BCUT2D eigenvalue weighted by Crippen LogP contribution is 2.31. The molecule has 38 heavy (non-hydrogen) atoms. The molecular formula is C29H33Cl2N5OS. The first kappa shape index (κ1) is 27.1. The molecule has 0 spiro atoms. The van der Waals surface area contributed by atoms with Gasteiger partial charge < -0.3 is 9.47 Å². The minimum absolute atomic E-state index is 0.205. The summed E-state index contributed by atoms with van der Waals surface area (Å²) in [6.45, 7) is 9.05. The number of rotatable bonds is 9. The zero-order chi connectivity index (χ0) is 26.6. The van der Waals surface area contributed by atoms with Crippen molar-refractivity contribution in [3.05, 3.63) is 80.5 Å². The van der Waals surface area contributed by atoms with E-state index in [4.69, 9.17) is 28.2 Å². The van der Waals surface area contributed by atoms with Gasteiger partial charge in [0.1, 0.15) is 15.2 Å². The van der Waals surface area contributed by atoms with Crippen molar-refractivity contribution in [1.82, 2.24) is 23.7 Å². The molecule has 0 radical (unpaired) electrons. The Kier molecular flexibility index (Phi) is 8.68. The average molecular weight is 571 g/mol. The van der Waals surface area contributed by atoms with Crippen LogP contribution in [0.5, 0.6) is 0 Å². The molecule has 5 rings (SSSR count). The normalized spacial score (nSPS) is 14.4. The molecule has 1 aliphatic heterocycles. The Balaban J connectivity index is 1.48. The molecule has 1 aliphatic rings. The van der Waals surface area contributed by atoms with E-state index in [1.54, 1.807) is 4.90 Å². The van der Waals surface area contributed by atoms with Crippen LogP contribution in [0.15, 0.2) is 48.5 Å². The molecule has 0 atom stereocenters. The maximum absolute atomic E-state index is 13.6. The Labute approximate surface area is 238 Å².